The SMILES string of the molecule is CN(C(=O)c1ccc(I)cc1)C1CCCCC1Cl. The summed E-state index contributed by atoms with van der Waals surface area (Å²) in [5, 5.41) is 0.0940. The zero-order valence-electron chi connectivity index (χ0n) is 10.4. The molecule has 0 spiro atoms. The predicted octanol–water partition coefficient (Wildman–Crippen LogP) is 3.91. The van der Waals surface area contributed by atoms with Crippen LogP contribution in [0.2, 0.25) is 0 Å². The minimum absolute atomic E-state index is 0.0731. The van der Waals surface area contributed by atoms with E-state index in [2.05, 4.69) is 22.6 Å². The first kappa shape index (κ1) is 14.1. The summed E-state index contributed by atoms with van der Waals surface area (Å²) >= 11 is 8.58. The molecule has 2 unspecified atom stereocenters. The van der Waals surface area contributed by atoms with E-state index in [0.717, 1.165) is 28.4 Å². The van der Waals surface area contributed by atoms with E-state index in [1.54, 1.807) is 0 Å². The predicted molar refractivity (Wildman–Crippen MR) is 83.1 cm³/mol. The summed E-state index contributed by atoms with van der Waals surface area (Å²) in [6.45, 7) is 0. The van der Waals surface area contributed by atoms with Gasteiger partial charge in [0.05, 0.1) is 5.38 Å². The third-order valence-electron chi connectivity index (χ3n) is 3.56. The lowest BCUT2D eigenvalue weighted by Gasteiger charge is -2.35. The van der Waals surface area contributed by atoms with Crippen LogP contribution in [0.25, 0.3) is 0 Å². The molecule has 1 aromatic rings. The lowest BCUT2D eigenvalue weighted by atomic mass is 9.93. The van der Waals surface area contributed by atoms with Gasteiger partial charge >= 0.3 is 0 Å². The summed E-state index contributed by atoms with van der Waals surface area (Å²) in [6, 6.07) is 7.85. The summed E-state index contributed by atoms with van der Waals surface area (Å²) in [5.41, 5.74) is 0.743. The lowest BCUT2D eigenvalue weighted by molar-refractivity contribution is 0.0700. The Kier molecular flexibility index (Phi) is 4.90. The second kappa shape index (κ2) is 6.24. The number of amides is 1. The topological polar surface area (TPSA) is 20.3 Å². The first-order valence-corrected chi connectivity index (χ1v) is 7.78. The summed E-state index contributed by atoms with van der Waals surface area (Å²) in [6.07, 6.45) is 4.37. The van der Waals surface area contributed by atoms with Crippen molar-refractivity contribution in [3.63, 3.8) is 0 Å². The highest BCUT2D eigenvalue weighted by atomic mass is 127. The van der Waals surface area contributed by atoms with Gasteiger partial charge in [0.25, 0.3) is 5.91 Å². The minimum Gasteiger partial charge on any atom is -0.337 e. The zero-order valence-corrected chi connectivity index (χ0v) is 13.3. The van der Waals surface area contributed by atoms with Crippen LogP contribution in [-0.4, -0.2) is 29.3 Å². The van der Waals surface area contributed by atoms with Crippen molar-refractivity contribution in [3.8, 4) is 0 Å². The number of hydrogen-bond acceptors (Lipinski definition) is 1. The molecule has 0 aliphatic heterocycles. The van der Waals surface area contributed by atoms with Crippen molar-refractivity contribution in [2.45, 2.75) is 37.1 Å². The quantitative estimate of drug-likeness (QED) is 0.565. The molecule has 1 aliphatic rings. The average Bonchev–Trinajstić information content (AvgIpc) is 2.38. The number of hydrogen-bond donors (Lipinski definition) is 0. The van der Waals surface area contributed by atoms with Crippen molar-refractivity contribution in [2.75, 3.05) is 7.05 Å². The summed E-state index contributed by atoms with van der Waals surface area (Å²) in [7, 11) is 1.87. The maximum atomic E-state index is 12.4. The Morgan fingerprint density at radius 1 is 1.28 bits per heavy atom. The van der Waals surface area contributed by atoms with Crippen LogP contribution < -0.4 is 0 Å². The second-order valence-corrected chi connectivity index (χ2v) is 6.60. The van der Waals surface area contributed by atoms with Gasteiger partial charge < -0.3 is 4.90 Å². The number of carbonyl (C=O) groups is 1. The number of nitrogens with zero attached hydrogens (tertiary/aromatic N) is 1. The molecule has 98 valence electrons. The minimum atomic E-state index is 0.0731. The van der Waals surface area contributed by atoms with Crippen molar-refractivity contribution < 1.29 is 4.79 Å². The lowest BCUT2D eigenvalue weighted by Crippen LogP contribution is -2.44. The molecule has 0 aromatic heterocycles. The smallest absolute Gasteiger partial charge is 0.253 e. The molecular formula is C14H17ClINO. The van der Waals surface area contributed by atoms with Crippen LogP contribution in [0.3, 0.4) is 0 Å². The Hall–Kier alpha value is -0.290. The number of halogens is 2. The van der Waals surface area contributed by atoms with E-state index < -0.39 is 0 Å². The fraction of sp³-hybridized carbons (Fsp3) is 0.500. The first-order valence-electron chi connectivity index (χ1n) is 6.26. The maximum Gasteiger partial charge on any atom is 0.253 e. The summed E-state index contributed by atoms with van der Waals surface area (Å²) < 4.78 is 1.14. The van der Waals surface area contributed by atoms with E-state index in [9.17, 15) is 4.79 Å². The van der Waals surface area contributed by atoms with Crippen LogP contribution in [0.5, 0.6) is 0 Å². The molecule has 1 fully saturated rings. The van der Waals surface area contributed by atoms with E-state index in [1.807, 2.05) is 36.2 Å². The number of alkyl halides is 1. The highest BCUT2D eigenvalue weighted by Crippen LogP contribution is 2.27. The monoisotopic (exact) mass is 377 g/mol. The van der Waals surface area contributed by atoms with Crippen LogP contribution in [0.1, 0.15) is 36.0 Å². The molecule has 0 bridgehead atoms. The molecular weight excluding hydrogens is 361 g/mol. The molecule has 1 saturated carbocycles. The first-order chi connectivity index (χ1) is 8.59. The van der Waals surface area contributed by atoms with E-state index in [1.165, 1.54) is 6.42 Å². The highest BCUT2D eigenvalue weighted by Gasteiger charge is 2.29. The molecule has 1 amide bonds. The van der Waals surface area contributed by atoms with Gasteiger partial charge in [0.1, 0.15) is 0 Å². The molecule has 0 radical (unpaired) electrons. The maximum absolute atomic E-state index is 12.4. The Morgan fingerprint density at radius 2 is 1.89 bits per heavy atom. The summed E-state index contributed by atoms with van der Waals surface area (Å²) in [5.74, 6) is 0.0731. The second-order valence-electron chi connectivity index (χ2n) is 4.79. The Morgan fingerprint density at radius 3 is 2.50 bits per heavy atom. The van der Waals surface area contributed by atoms with Crippen LogP contribution in [0.15, 0.2) is 24.3 Å². The largest absolute Gasteiger partial charge is 0.337 e. The Labute approximate surface area is 127 Å². The molecule has 0 N–H and O–H groups in total. The third-order valence-corrected chi connectivity index (χ3v) is 4.78. The normalized spacial score (nSPS) is 23.7. The van der Waals surface area contributed by atoms with E-state index in [0.29, 0.717) is 0 Å². The average molecular weight is 378 g/mol. The van der Waals surface area contributed by atoms with Gasteiger partial charge in [-0.15, -0.1) is 11.6 Å². The Bertz CT molecular complexity index is 420. The summed E-state index contributed by atoms with van der Waals surface area (Å²) in [4.78, 5) is 14.2. The van der Waals surface area contributed by atoms with E-state index in [4.69, 9.17) is 11.6 Å². The highest BCUT2D eigenvalue weighted by molar-refractivity contribution is 14.1. The zero-order chi connectivity index (χ0) is 13.1. The van der Waals surface area contributed by atoms with Crippen LogP contribution >= 0.6 is 34.2 Å². The fourth-order valence-corrected chi connectivity index (χ4v) is 3.26. The van der Waals surface area contributed by atoms with Gasteiger partial charge in [-0.3, -0.25) is 4.79 Å². The molecule has 18 heavy (non-hydrogen) atoms. The third kappa shape index (κ3) is 3.18. The van der Waals surface area contributed by atoms with Crippen LogP contribution in [0, 0.1) is 3.57 Å². The van der Waals surface area contributed by atoms with Gasteiger partial charge in [-0.2, -0.15) is 0 Å². The van der Waals surface area contributed by atoms with Crippen molar-refractivity contribution >= 4 is 40.1 Å². The Balaban J connectivity index is 2.10. The molecule has 2 nitrogen and oxygen atoms in total. The van der Waals surface area contributed by atoms with Gasteiger partial charge in [0.15, 0.2) is 0 Å². The van der Waals surface area contributed by atoms with E-state index >= 15 is 0 Å². The van der Waals surface area contributed by atoms with E-state index in [-0.39, 0.29) is 17.3 Å². The molecule has 2 atom stereocenters. The van der Waals surface area contributed by atoms with Gasteiger partial charge in [0, 0.05) is 22.2 Å². The van der Waals surface area contributed by atoms with Crippen LogP contribution in [0.4, 0.5) is 0 Å². The molecule has 0 heterocycles. The molecule has 4 heteroatoms. The van der Waals surface area contributed by atoms with Gasteiger partial charge in [-0.05, 0) is 59.7 Å². The number of carbonyl (C=O) groups excluding carboxylic acids is 1. The van der Waals surface area contributed by atoms with Crippen molar-refractivity contribution in [3.05, 3.63) is 33.4 Å². The van der Waals surface area contributed by atoms with Crippen molar-refractivity contribution in [1.29, 1.82) is 0 Å². The van der Waals surface area contributed by atoms with Gasteiger partial charge in [-0.1, -0.05) is 12.8 Å². The fourth-order valence-electron chi connectivity index (χ4n) is 2.45. The van der Waals surface area contributed by atoms with Crippen molar-refractivity contribution in [1.82, 2.24) is 4.90 Å². The van der Waals surface area contributed by atoms with Gasteiger partial charge in [0.2, 0.25) is 0 Å². The molecule has 2 rings (SSSR count). The van der Waals surface area contributed by atoms with Gasteiger partial charge in [-0.25, -0.2) is 0 Å². The number of rotatable bonds is 2. The standard InChI is InChI=1S/C14H17ClINO/c1-17(13-5-3-2-4-12(13)15)14(18)10-6-8-11(16)9-7-10/h6-9,12-13H,2-5H2,1H3. The molecule has 0 saturated heterocycles. The molecule has 1 aromatic carbocycles. The van der Waals surface area contributed by atoms with Crippen LogP contribution in [-0.2, 0) is 0 Å². The molecule has 1 aliphatic carbocycles. The number of benzene rings is 1. The van der Waals surface area contributed by atoms with Crippen molar-refractivity contribution in [2.24, 2.45) is 0 Å².